The van der Waals surface area contributed by atoms with Gasteiger partial charge in [0.2, 0.25) is 0 Å². The maximum Gasteiger partial charge on any atom is 0.0991 e. The summed E-state index contributed by atoms with van der Waals surface area (Å²) in [7, 11) is 0. The van der Waals surface area contributed by atoms with Gasteiger partial charge in [-0.1, -0.05) is 12.1 Å². The molecule has 5 nitrogen and oxygen atoms in total. The van der Waals surface area contributed by atoms with E-state index in [2.05, 4.69) is 28.6 Å². The smallest absolute Gasteiger partial charge is 0.0991 e. The molecule has 0 aliphatic rings. The topological polar surface area (TPSA) is 66.5 Å². The highest BCUT2D eigenvalue weighted by atomic mass is 15.4. The molecule has 0 aliphatic carbocycles. The van der Waals surface area contributed by atoms with E-state index in [1.165, 1.54) is 0 Å². The van der Waals surface area contributed by atoms with Crippen LogP contribution in [0.2, 0.25) is 0 Å². The summed E-state index contributed by atoms with van der Waals surface area (Å²) in [6.07, 6.45) is 1.74. The number of hydrogen-bond donors (Lipinski definition) is 1. The predicted octanol–water partition coefficient (Wildman–Crippen LogP) is 1.25. The average molecular weight is 227 g/mol. The number of rotatable bonds is 4. The Labute approximate surface area is 99.7 Å². The van der Waals surface area contributed by atoms with Gasteiger partial charge >= 0.3 is 0 Å². The Bertz CT molecular complexity index is 521. The summed E-state index contributed by atoms with van der Waals surface area (Å²) in [4.78, 5) is 0. The fourth-order valence-electron chi connectivity index (χ4n) is 1.52. The van der Waals surface area contributed by atoms with Crippen LogP contribution in [0, 0.1) is 11.3 Å². The van der Waals surface area contributed by atoms with E-state index < -0.39 is 0 Å². The van der Waals surface area contributed by atoms with Gasteiger partial charge in [0.05, 0.1) is 29.2 Å². The van der Waals surface area contributed by atoms with Crippen molar-refractivity contribution in [3.8, 4) is 11.8 Å². The highest BCUT2D eigenvalue weighted by Crippen LogP contribution is 2.10. The lowest BCUT2D eigenvalue weighted by Gasteiger charge is -2.06. The lowest BCUT2D eigenvalue weighted by Crippen LogP contribution is -2.15. The van der Waals surface area contributed by atoms with E-state index in [-0.39, 0.29) is 0 Å². The monoisotopic (exact) mass is 227 g/mol. The first-order valence-electron chi connectivity index (χ1n) is 5.46. The second-order valence-corrected chi connectivity index (χ2v) is 3.58. The molecule has 0 unspecified atom stereocenters. The number of hydrogen-bond acceptors (Lipinski definition) is 4. The van der Waals surface area contributed by atoms with Gasteiger partial charge in [-0.3, -0.25) is 0 Å². The van der Waals surface area contributed by atoms with Crippen LogP contribution in [0.4, 0.5) is 0 Å². The van der Waals surface area contributed by atoms with Crippen molar-refractivity contribution in [3.05, 3.63) is 41.7 Å². The van der Waals surface area contributed by atoms with E-state index in [1.807, 2.05) is 12.1 Å². The predicted molar refractivity (Wildman–Crippen MR) is 63.5 cm³/mol. The van der Waals surface area contributed by atoms with Gasteiger partial charge in [-0.15, -0.1) is 5.10 Å². The molecule has 0 saturated heterocycles. The van der Waals surface area contributed by atoms with Gasteiger partial charge in [0.15, 0.2) is 0 Å². The van der Waals surface area contributed by atoms with Crippen LogP contribution >= 0.6 is 0 Å². The van der Waals surface area contributed by atoms with Crippen molar-refractivity contribution >= 4 is 0 Å². The first-order valence-corrected chi connectivity index (χ1v) is 5.46. The van der Waals surface area contributed by atoms with Crippen molar-refractivity contribution in [1.29, 1.82) is 5.26 Å². The molecule has 0 amide bonds. The molecule has 0 bridgehead atoms. The molecule has 0 atom stereocenters. The van der Waals surface area contributed by atoms with Crippen LogP contribution in [0.3, 0.4) is 0 Å². The van der Waals surface area contributed by atoms with E-state index in [0.717, 1.165) is 24.5 Å². The molecule has 2 rings (SSSR count). The quantitative estimate of drug-likeness (QED) is 0.853. The third kappa shape index (κ3) is 2.49. The third-order valence-corrected chi connectivity index (χ3v) is 2.42. The molecule has 0 radical (unpaired) electrons. The molecule has 0 spiro atoms. The zero-order chi connectivity index (χ0) is 12.1. The lowest BCUT2D eigenvalue weighted by molar-refractivity contribution is 0.672. The van der Waals surface area contributed by atoms with Crippen LogP contribution < -0.4 is 5.32 Å². The number of aromatic nitrogens is 3. The molecule has 1 N–H and O–H groups in total. The normalized spacial score (nSPS) is 10.1. The molecule has 86 valence electrons. The summed E-state index contributed by atoms with van der Waals surface area (Å²) in [5.41, 5.74) is 2.55. The van der Waals surface area contributed by atoms with Gasteiger partial charge in [0, 0.05) is 6.54 Å². The Morgan fingerprint density at radius 2 is 2.12 bits per heavy atom. The Morgan fingerprint density at radius 3 is 2.76 bits per heavy atom. The van der Waals surface area contributed by atoms with Gasteiger partial charge in [-0.05, 0) is 30.8 Å². The Morgan fingerprint density at radius 1 is 1.35 bits per heavy atom. The lowest BCUT2D eigenvalue weighted by atomic mass is 10.2. The van der Waals surface area contributed by atoms with Crippen molar-refractivity contribution in [2.75, 3.05) is 6.54 Å². The Kier molecular flexibility index (Phi) is 3.48. The van der Waals surface area contributed by atoms with E-state index in [4.69, 9.17) is 5.26 Å². The minimum absolute atomic E-state index is 0.641. The third-order valence-electron chi connectivity index (χ3n) is 2.42. The summed E-state index contributed by atoms with van der Waals surface area (Å²) in [6, 6.07) is 9.36. The molecular weight excluding hydrogens is 214 g/mol. The Hall–Kier alpha value is -2.19. The first-order chi connectivity index (χ1) is 8.35. The maximum absolute atomic E-state index is 8.74. The highest BCUT2D eigenvalue weighted by molar-refractivity contribution is 5.39. The molecule has 1 heterocycles. The summed E-state index contributed by atoms with van der Waals surface area (Å²) in [6.45, 7) is 3.68. The van der Waals surface area contributed by atoms with E-state index in [0.29, 0.717) is 5.56 Å². The largest absolute Gasteiger partial charge is 0.311 e. The molecule has 0 fully saturated rings. The summed E-state index contributed by atoms with van der Waals surface area (Å²) >= 11 is 0. The number of benzene rings is 1. The van der Waals surface area contributed by atoms with E-state index in [9.17, 15) is 0 Å². The average Bonchev–Trinajstić information content (AvgIpc) is 2.84. The summed E-state index contributed by atoms with van der Waals surface area (Å²) in [5.74, 6) is 0. The zero-order valence-electron chi connectivity index (χ0n) is 9.59. The van der Waals surface area contributed by atoms with Crippen molar-refractivity contribution in [2.24, 2.45) is 0 Å². The van der Waals surface area contributed by atoms with Gasteiger partial charge in [0.1, 0.15) is 0 Å². The van der Waals surface area contributed by atoms with Crippen molar-refractivity contribution in [1.82, 2.24) is 20.3 Å². The fraction of sp³-hybridized carbons (Fsp3) is 0.250. The SMILES string of the molecule is CCNCc1cnnn1-c1ccc(C#N)cc1. The van der Waals surface area contributed by atoms with E-state index in [1.54, 1.807) is 23.0 Å². The minimum atomic E-state index is 0.641. The molecule has 2 aromatic rings. The van der Waals surface area contributed by atoms with Crippen LogP contribution in [0.15, 0.2) is 30.5 Å². The van der Waals surface area contributed by atoms with Crippen molar-refractivity contribution < 1.29 is 0 Å². The zero-order valence-corrected chi connectivity index (χ0v) is 9.59. The van der Waals surface area contributed by atoms with Crippen LogP contribution in [-0.2, 0) is 6.54 Å². The van der Waals surface area contributed by atoms with Crippen molar-refractivity contribution in [3.63, 3.8) is 0 Å². The number of nitriles is 1. The van der Waals surface area contributed by atoms with Gasteiger partial charge < -0.3 is 5.32 Å². The molecule has 1 aromatic carbocycles. The van der Waals surface area contributed by atoms with Gasteiger partial charge in [0.25, 0.3) is 0 Å². The molecular formula is C12H13N5. The minimum Gasteiger partial charge on any atom is -0.311 e. The van der Waals surface area contributed by atoms with Crippen LogP contribution in [0.25, 0.3) is 5.69 Å². The van der Waals surface area contributed by atoms with Crippen molar-refractivity contribution in [2.45, 2.75) is 13.5 Å². The second kappa shape index (κ2) is 5.23. The summed E-state index contributed by atoms with van der Waals surface area (Å²) in [5, 5.41) is 19.9. The van der Waals surface area contributed by atoms with Gasteiger partial charge in [-0.2, -0.15) is 5.26 Å². The summed E-state index contributed by atoms with van der Waals surface area (Å²) < 4.78 is 1.77. The standard InChI is InChI=1S/C12H13N5/c1-2-14-8-12-9-15-16-17(12)11-5-3-10(7-13)4-6-11/h3-6,9,14H,2,8H2,1H3. The van der Waals surface area contributed by atoms with E-state index >= 15 is 0 Å². The molecule has 0 saturated carbocycles. The number of nitrogens with one attached hydrogen (secondary N) is 1. The maximum atomic E-state index is 8.74. The van der Waals surface area contributed by atoms with Crippen LogP contribution in [-0.4, -0.2) is 21.5 Å². The van der Waals surface area contributed by atoms with Gasteiger partial charge in [-0.25, -0.2) is 4.68 Å². The van der Waals surface area contributed by atoms with Crippen LogP contribution in [0.1, 0.15) is 18.2 Å². The molecule has 1 aromatic heterocycles. The molecule has 17 heavy (non-hydrogen) atoms. The molecule has 5 heteroatoms. The second-order valence-electron chi connectivity index (χ2n) is 3.58. The molecule has 0 aliphatic heterocycles. The Balaban J connectivity index is 2.26. The fourth-order valence-corrected chi connectivity index (χ4v) is 1.52. The first kappa shape index (κ1) is 11.3. The number of nitrogens with zero attached hydrogens (tertiary/aromatic N) is 4. The highest BCUT2D eigenvalue weighted by Gasteiger charge is 2.05. The van der Waals surface area contributed by atoms with Crippen LogP contribution in [0.5, 0.6) is 0 Å².